The zero-order valence-corrected chi connectivity index (χ0v) is 26.7. The maximum absolute atomic E-state index is 2.41. The van der Waals surface area contributed by atoms with Gasteiger partial charge in [-0.25, -0.2) is 0 Å². The first kappa shape index (κ1) is 27.6. The van der Waals surface area contributed by atoms with E-state index in [1.165, 1.54) is 72.4 Å². The molecule has 0 unspecified atom stereocenters. The number of para-hydroxylation sites is 1. The minimum absolute atomic E-state index is 0.0505. The third-order valence-corrected chi connectivity index (χ3v) is 10.3. The van der Waals surface area contributed by atoms with Gasteiger partial charge in [0.15, 0.2) is 0 Å². The lowest BCUT2D eigenvalue weighted by atomic mass is 9.82. The highest BCUT2D eigenvalue weighted by molar-refractivity contribution is 5.95. The molecule has 7 aromatic carbocycles. The van der Waals surface area contributed by atoms with Crippen molar-refractivity contribution in [1.29, 1.82) is 0 Å². The summed E-state index contributed by atoms with van der Waals surface area (Å²) in [6, 6.07) is 60.2. The maximum atomic E-state index is 2.41. The van der Waals surface area contributed by atoms with Crippen LogP contribution in [0.5, 0.6) is 0 Å². The number of benzene rings is 7. The van der Waals surface area contributed by atoms with Gasteiger partial charge in [0.25, 0.3) is 0 Å². The predicted octanol–water partition coefficient (Wildman–Crippen LogP) is 12.4. The molecule has 1 nitrogen and oxygen atoms in total. The Morgan fingerprint density at radius 1 is 0.426 bits per heavy atom. The van der Waals surface area contributed by atoms with Crippen LogP contribution in [0.15, 0.2) is 164 Å². The van der Waals surface area contributed by atoms with Crippen LogP contribution in [0, 0.1) is 0 Å². The highest BCUT2D eigenvalue weighted by Crippen LogP contribution is 2.54. The van der Waals surface area contributed by atoms with Crippen molar-refractivity contribution >= 4 is 17.1 Å². The molecule has 0 aromatic heterocycles. The highest BCUT2D eigenvalue weighted by atomic mass is 15.1. The van der Waals surface area contributed by atoms with Gasteiger partial charge in [0.1, 0.15) is 0 Å². The lowest BCUT2D eigenvalue weighted by Crippen LogP contribution is -2.16. The summed E-state index contributed by atoms with van der Waals surface area (Å²) in [6.45, 7) is 4.69. The minimum Gasteiger partial charge on any atom is -0.310 e. The van der Waals surface area contributed by atoms with Gasteiger partial charge in [0.05, 0.1) is 5.69 Å². The molecule has 0 aliphatic heterocycles. The molecule has 224 valence electrons. The number of nitrogens with zero attached hydrogens (tertiary/aromatic N) is 1. The Labute approximate surface area is 277 Å². The molecule has 0 saturated carbocycles. The monoisotopic (exact) mass is 601 g/mol. The Balaban J connectivity index is 1.05. The van der Waals surface area contributed by atoms with E-state index >= 15 is 0 Å². The van der Waals surface area contributed by atoms with Gasteiger partial charge in [0, 0.05) is 22.4 Å². The smallest absolute Gasteiger partial charge is 0.0543 e. The fraction of sp³-hybridized carbons (Fsp3) is 0.0870. The fourth-order valence-electron chi connectivity index (χ4n) is 7.91. The molecular weight excluding hydrogens is 567 g/mol. The third-order valence-electron chi connectivity index (χ3n) is 10.3. The summed E-state index contributed by atoms with van der Waals surface area (Å²) < 4.78 is 0. The quantitative estimate of drug-likeness (QED) is 0.190. The average molecular weight is 602 g/mol. The summed E-state index contributed by atoms with van der Waals surface area (Å²) in [5.74, 6) is 0. The van der Waals surface area contributed by atoms with Crippen LogP contribution >= 0.6 is 0 Å². The molecule has 0 spiro atoms. The summed E-state index contributed by atoms with van der Waals surface area (Å²) in [7, 11) is 0. The second kappa shape index (κ2) is 10.7. The lowest BCUT2D eigenvalue weighted by Gasteiger charge is -2.29. The second-order valence-electron chi connectivity index (χ2n) is 13.4. The third kappa shape index (κ3) is 4.46. The van der Waals surface area contributed by atoms with E-state index < -0.39 is 0 Å². The molecule has 0 fully saturated rings. The van der Waals surface area contributed by atoms with Crippen LogP contribution in [-0.4, -0.2) is 0 Å². The summed E-state index contributed by atoms with van der Waals surface area (Å²) in [6.07, 6.45) is 1.01. The minimum atomic E-state index is -0.0505. The Morgan fingerprint density at radius 3 is 1.74 bits per heavy atom. The number of anilines is 3. The molecule has 2 aliphatic carbocycles. The van der Waals surface area contributed by atoms with Crippen LogP contribution < -0.4 is 4.90 Å². The summed E-state index contributed by atoms with van der Waals surface area (Å²) in [5, 5.41) is 0. The van der Waals surface area contributed by atoms with Gasteiger partial charge < -0.3 is 4.90 Å². The molecule has 0 heterocycles. The zero-order valence-electron chi connectivity index (χ0n) is 26.7. The summed E-state index contributed by atoms with van der Waals surface area (Å²) in [4.78, 5) is 2.41. The molecule has 47 heavy (non-hydrogen) atoms. The van der Waals surface area contributed by atoms with E-state index in [0.717, 1.165) is 17.8 Å². The van der Waals surface area contributed by atoms with E-state index in [4.69, 9.17) is 0 Å². The molecular formula is C46H35N. The molecule has 1 heteroatoms. The number of hydrogen-bond donors (Lipinski definition) is 0. The molecule has 0 saturated heterocycles. The van der Waals surface area contributed by atoms with Crippen molar-refractivity contribution in [2.45, 2.75) is 25.7 Å². The van der Waals surface area contributed by atoms with E-state index in [9.17, 15) is 0 Å². The molecule has 0 N–H and O–H groups in total. The maximum Gasteiger partial charge on any atom is 0.0543 e. The Morgan fingerprint density at radius 2 is 0.979 bits per heavy atom. The van der Waals surface area contributed by atoms with Gasteiger partial charge in [-0.1, -0.05) is 147 Å². The number of fused-ring (bicyclic) bond motifs is 6. The molecule has 2 aliphatic rings. The Kier molecular flexibility index (Phi) is 6.30. The molecule has 9 rings (SSSR count). The first-order chi connectivity index (χ1) is 23.1. The van der Waals surface area contributed by atoms with E-state index in [0.29, 0.717) is 0 Å². The van der Waals surface area contributed by atoms with Crippen molar-refractivity contribution in [2.24, 2.45) is 0 Å². The Bertz CT molecular complexity index is 2270. The molecule has 0 bridgehead atoms. The zero-order chi connectivity index (χ0) is 31.5. The van der Waals surface area contributed by atoms with Crippen LogP contribution in [0.4, 0.5) is 17.1 Å². The highest BCUT2D eigenvalue weighted by Gasteiger charge is 2.37. The first-order valence-corrected chi connectivity index (χ1v) is 16.6. The number of hydrogen-bond acceptors (Lipinski definition) is 1. The molecule has 0 amide bonds. The van der Waals surface area contributed by atoms with Crippen LogP contribution in [-0.2, 0) is 11.8 Å². The van der Waals surface area contributed by atoms with Crippen LogP contribution in [0.3, 0.4) is 0 Å². The van der Waals surface area contributed by atoms with Crippen LogP contribution in [0.1, 0.15) is 36.1 Å². The normalized spacial score (nSPS) is 13.4. The van der Waals surface area contributed by atoms with Gasteiger partial charge in [-0.2, -0.15) is 0 Å². The topological polar surface area (TPSA) is 3.24 Å². The predicted molar refractivity (Wildman–Crippen MR) is 198 cm³/mol. The summed E-state index contributed by atoms with van der Waals surface area (Å²) >= 11 is 0. The van der Waals surface area contributed by atoms with Crippen molar-refractivity contribution < 1.29 is 0 Å². The molecule has 0 atom stereocenters. The van der Waals surface area contributed by atoms with Crippen molar-refractivity contribution in [3.8, 4) is 44.5 Å². The average Bonchev–Trinajstić information content (AvgIpc) is 3.61. The van der Waals surface area contributed by atoms with Crippen molar-refractivity contribution in [3.05, 3.63) is 186 Å². The molecule has 7 aromatic rings. The Hall–Kier alpha value is -5.66. The SMILES string of the molecule is CC1(C)c2ccccc2-c2c(N(c3ccccc3)c3ccc(-c4ccc(-c5ccc6c(c5)Cc5ccccc5-6)cc4)cc3)cccc21. The van der Waals surface area contributed by atoms with Crippen molar-refractivity contribution in [1.82, 2.24) is 0 Å². The van der Waals surface area contributed by atoms with Gasteiger partial charge >= 0.3 is 0 Å². The van der Waals surface area contributed by atoms with Gasteiger partial charge in [-0.3, -0.25) is 0 Å². The van der Waals surface area contributed by atoms with Crippen molar-refractivity contribution in [2.75, 3.05) is 4.90 Å². The first-order valence-electron chi connectivity index (χ1n) is 16.6. The van der Waals surface area contributed by atoms with E-state index in [2.05, 4.69) is 183 Å². The van der Waals surface area contributed by atoms with Crippen LogP contribution in [0.25, 0.3) is 44.5 Å². The second-order valence-corrected chi connectivity index (χ2v) is 13.4. The van der Waals surface area contributed by atoms with Crippen molar-refractivity contribution in [3.63, 3.8) is 0 Å². The standard InChI is InChI=1S/C46H35N/c1-46(2)42-16-9-8-15-41(42)45-43(46)17-10-18-44(45)47(37-12-4-3-5-13-37)38-26-23-32(24-27-38)31-19-21-33(22-20-31)34-25-28-40-36(29-34)30-35-11-6-7-14-39(35)40/h3-29H,30H2,1-2H3. The van der Waals surface area contributed by atoms with Gasteiger partial charge in [0.2, 0.25) is 0 Å². The largest absolute Gasteiger partial charge is 0.310 e. The van der Waals surface area contributed by atoms with E-state index in [1.54, 1.807) is 0 Å². The van der Waals surface area contributed by atoms with Crippen LogP contribution in [0.2, 0.25) is 0 Å². The lowest BCUT2D eigenvalue weighted by molar-refractivity contribution is 0.660. The van der Waals surface area contributed by atoms with Gasteiger partial charge in [-0.15, -0.1) is 0 Å². The van der Waals surface area contributed by atoms with E-state index in [-0.39, 0.29) is 5.41 Å². The molecule has 0 radical (unpaired) electrons. The van der Waals surface area contributed by atoms with E-state index in [1.807, 2.05) is 0 Å². The van der Waals surface area contributed by atoms with Gasteiger partial charge in [-0.05, 0) is 98.0 Å². The number of rotatable bonds is 5. The fourth-order valence-corrected chi connectivity index (χ4v) is 7.91. The summed E-state index contributed by atoms with van der Waals surface area (Å²) in [5.41, 5.74) is 19.4.